The monoisotopic (exact) mass is 298 g/mol. The summed E-state index contributed by atoms with van der Waals surface area (Å²) in [5.74, 6) is 0.00153. The van der Waals surface area contributed by atoms with E-state index < -0.39 is 0 Å². The molecule has 1 aromatic carbocycles. The van der Waals surface area contributed by atoms with Gasteiger partial charge in [0.1, 0.15) is 0 Å². The Balaban J connectivity index is 2.71. The number of benzene rings is 1. The van der Waals surface area contributed by atoms with Gasteiger partial charge in [0.2, 0.25) is 5.91 Å². The molecular weight excluding hydrogens is 280 g/mol. The number of halogens is 1. The molecule has 3 nitrogen and oxygen atoms in total. The third-order valence-corrected chi connectivity index (χ3v) is 3.16. The Labute approximate surface area is 111 Å². The minimum Gasteiger partial charge on any atom is -0.330 e. The molecule has 3 N–H and O–H groups in total. The fraction of sp³-hybridized carbons (Fsp3) is 0.462. The van der Waals surface area contributed by atoms with Gasteiger partial charge in [-0.15, -0.1) is 0 Å². The number of rotatable bonds is 4. The molecule has 0 aliphatic heterocycles. The number of nitrogens with one attached hydrogen (secondary N) is 1. The zero-order chi connectivity index (χ0) is 13.1. The van der Waals surface area contributed by atoms with Crippen molar-refractivity contribution in [3.8, 4) is 0 Å². The van der Waals surface area contributed by atoms with Gasteiger partial charge in [0.15, 0.2) is 0 Å². The Kier molecular flexibility index (Phi) is 4.71. The van der Waals surface area contributed by atoms with Crippen molar-refractivity contribution in [3.63, 3.8) is 0 Å². The molecule has 0 atom stereocenters. The normalized spacial score (nSPS) is 11.4. The van der Waals surface area contributed by atoms with Crippen molar-refractivity contribution in [3.05, 3.63) is 28.2 Å². The van der Waals surface area contributed by atoms with Crippen molar-refractivity contribution in [2.45, 2.75) is 27.2 Å². The van der Waals surface area contributed by atoms with Crippen LogP contribution in [0.15, 0.2) is 22.7 Å². The van der Waals surface area contributed by atoms with Crippen LogP contribution in [0.5, 0.6) is 0 Å². The molecule has 0 radical (unpaired) electrons. The molecule has 0 saturated heterocycles. The summed E-state index contributed by atoms with van der Waals surface area (Å²) < 4.78 is 0.955. The summed E-state index contributed by atoms with van der Waals surface area (Å²) in [7, 11) is 0. The number of carbonyl (C=O) groups is 1. The van der Waals surface area contributed by atoms with Crippen LogP contribution in [0, 0.1) is 12.3 Å². The summed E-state index contributed by atoms with van der Waals surface area (Å²) in [6.07, 6.45) is 0.426. The van der Waals surface area contributed by atoms with Crippen LogP contribution in [0.25, 0.3) is 0 Å². The molecule has 0 spiro atoms. The molecule has 0 fully saturated rings. The van der Waals surface area contributed by atoms with Gasteiger partial charge in [0.25, 0.3) is 0 Å². The van der Waals surface area contributed by atoms with Crippen molar-refractivity contribution < 1.29 is 4.79 Å². The zero-order valence-electron chi connectivity index (χ0n) is 10.5. The van der Waals surface area contributed by atoms with Crippen molar-refractivity contribution in [1.82, 2.24) is 0 Å². The smallest absolute Gasteiger partial charge is 0.224 e. The highest BCUT2D eigenvalue weighted by Gasteiger charge is 2.20. The van der Waals surface area contributed by atoms with E-state index in [0.29, 0.717) is 13.0 Å². The van der Waals surface area contributed by atoms with Crippen LogP contribution in [-0.2, 0) is 4.79 Å². The Bertz CT molecular complexity index is 416. The van der Waals surface area contributed by atoms with Gasteiger partial charge in [0, 0.05) is 16.6 Å². The molecule has 17 heavy (non-hydrogen) atoms. The van der Waals surface area contributed by atoms with Crippen LogP contribution in [0.1, 0.15) is 25.8 Å². The highest BCUT2D eigenvalue weighted by molar-refractivity contribution is 9.10. The first-order valence-electron chi connectivity index (χ1n) is 5.60. The molecular formula is C13H19BrN2O. The first kappa shape index (κ1) is 14.2. The van der Waals surface area contributed by atoms with Gasteiger partial charge in [-0.2, -0.15) is 0 Å². The van der Waals surface area contributed by atoms with E-state index in [1.807, 2.05) is 39.0 Å². The standard InChI is InChI=1S/C13H19BrN2O/c1-9-4-5-10(14)6-11(9)16-12(17)7-13(2,3)8-15/h4-6H,7-8,15H2,1-3H3,(H,16,17). The molecule has 0 heterocycles. The van der Waals surface area contributed by atoms with Gasteiger partial charge in [0.05, 0.1) is 0 Å². The summed E-state index contributed by atoms with van der Waals surface area (Å²) >= 11 is 3.39. The van der Waals surface area contributed by atoms with Gasteiger partial charge >= 0.3 is 0 Å². The molecule has 0 aliphatic carbocycles. The topological polar surface area (TPSA) is 55.1 Å². The predicted octanol–water partition coefficient (Wildman–Crippen LogP) is 3.07. The molecule has 0 saturated carbocycles. The number of anilines is 1. The molecule has 0 aromatic heterocycles. The van der Waals surface area contributed by atoms with E-state index in [2.05, 4.69) is 21.2 Å². The summed E-state index contributed by atoms with van der Waals surface area (Å²) in [5.41, 5.74) is 7.34. The van der Waals surface area contributed by atoms with Gasteiger partial charge in [-0.1, -0.05) is 35.8 Å². The maximum Gasteiger partial charge on any atom is 0.224 e. The molecule has 0 aliphatic rings. The lowest BCUT2D eigenvalue weighted by atomic mass is 9.89. The van der Waals surface area contributed by atoms with Crippen molar-refractivity contribution in [2.24, 2.45) is 11.1 Å². The zero-order valence-corrected chi connectivity index (χ0v) is 12.1. The third kappa shape index (κ3) is 4.48. The van der Waals surface area contributed by atoms with Crippen molar-refractivity contribution in [1.29, 1.82) is 0 Å². The highest BCUT2D eigenvalue weighted by atomic mass is 79.9. The van der Waals surface area contributed by atoms with E-state index in [1.54, 1.807) is 0 Å². The fourth-order valence-corrected chi connectivity index (χ4v) is 1.79. The lowest BCUT2D eigenvalue weighted by molar-refractivity contribution is -0.117. The predicted molar refractivity (Wildman–Crippen MR) is 75.0 cm³/mol. The number of hydrogen-bond donors (Lipinski definition) is 2. The molecule has 1 rings (SSSR count). The summed E-state index contributed by atoms with van der Waals surface area (Å²) in [4.78, 5) is 11.9. The average molecular weight is 299 g/mol. The molecule has 94 valence electrons. The molecule has 0 unspecified atom stereocenters. The van der Waals surface area contributed by atoms with Crippen LogP contribution in [0.3, 0.4) is 0 Å². The number of carbonyl (C=O) groups excluding carboxylic acids is 1. The van der Waals surface area contributed by atoms with E-state index in [-0.39, 0.29) is 11.3 Å². The van der Waals surface area contributed by atoms with E-state index in [0.717, 1.165) is 15.7 Å². The van der Waals surface area contributed by atoms with Gasteiger partial charge < -0.3 is 11.1 Å². The summed E-state index contributed by atoms with van der Waals surface area (Å²) in [6, 6.07) is 5.82. The molecule has 4 heteroatoms. The SMILES string of the molecule is Cc1ccc(Br)cc1NC(=O)CC(C)(C)CN. The van der Waals surface area contributed by atoms with Crippen LogP contribution in [-0.4, -0.2) is 12.5 Å². The lowest BCUT2D eigenvalue weighted by Crippen LogP contribution is -2.29. The van der Waals surface area contributed by atoms with Crippen LogP contribution < -0.4 is 11.1 Å². The van der Waals surface area contributed by atoms with E-state index in [1.165, 1.54) is 0 Å². The maximum absolute atomic E-state index is 11.9. The van der Waals surface area contributed by atoms with Gasteiger partial charge in [-0.25, -0.2) is 0 Å². The van der Waals surface area contributed by atoms with E-state index >= 15 is 0 Å². The first-order valence-corrected chi connectivity index (χ1v) is 6.39. The molecule has 1 aromatic rings. The quantitative estimate of drug-likeness (QED) is 0.897. The highest BCUT2D eigenvalue weighted by Crippen LogP contribution is 2.23. The Hall–Kier alpha value is -0.870. The van der Waals surface area contributed by atoms with Gasteiger partial charge in [-0.3, -0.25) is 4.79 Å². The maximum atomic E-state index is 11.9. The number of nitrogens with two attached hydrogens (primary N) is 1. The second-order valence-corrected chi connectivity index (χ2v) is 5.97. The largest absolute Gasteiger partial charge is 0.330 e. The van der Waals surface area contributed by atoms with Gasteiger partial charge in [-0.05, 0) is 36.6 Å². The van der Waals surface area contributed by atoms with Crippen molar-refractivity contribution in [2.75, 3.05) is 11.9 Å². The second kappa shape index (κ2) is 5.65. The number of amides is 1. The summed E-state index contributed by atoms with van der Waals surface area (Å²) in [6.45, 7) is 6.44. The average Bonchev–Trinajstić information content (AvgIpc) is 2.23. The second-order valence-electron chi connectivity index (χ2n) is 5.05. The minimum atomic E-state index is -0.163. The fourth-order valence-electron chi connectivity index (χ4n) is 1.43. The van der Waals surface area contributed by atoms with Crippen molar-refractivity contribution >= 4 is 27.5 Å². The molecule has 0 bridgehead atoms. The van der Waals surface area contributed by atoms with E-state index in [9.17, 15) is 4.79 Å². The summed E-state index contributed by atoms with van der Waals surface area (Å²) in [5, 5.41) is 2.92. The minimum absolute atomic E-state index is 0.00153. The number of hydrogen-bond acceptors (Lipinski definition) is 2. The van der Waals surface area contributed by atoms with E-state index in [4.69, 9.17) is 5.73 Å². The number of aryl methyl sites for hydroxylation is 1. The third-order valence-electron chi connectivity index (χ3n) is 2.67. The van der Waals surface area contributed by atoms with Crippen LogP contribution in [0.2, 0.25) is 0 Å². The first-order chi connectivity index (χ1) is 7.84. The molecule has 1 amide bonds. The lowest BCUT2D eigenvalue weighted by Gasteiger charge is -2.21. The van der Waals surface area contributed by atoms with Crippen LogP contribution >= 0.6 is 15.9 Å². The Morgan fingerprint density at radius 1 is 1.47 bits per heavy atom. The van der Waals surface area contributed by atoms with Crippen LogP contribution in [0.4, 0.5) is 5.69 Å². The Morgan fingerprint density at radius 3 is 2.71 bits per heavy atom. The Morgan fingerprint density at radius 2 is 2.12 bits per heavy atom.